The Morgan fingerprint density at radius 2 is 2.07 bits per heavy atom. The van der Waals surface area contributed by atoms with Crippen LogP contribution in [0.2, 0.25) is 0 Å². The molecule has 0 saturated heterocycles. The topological polar surface area (TPSA) is 87.3 Å². The van der Waals surface area contributed by atoms with E-state index in [1.165, 1.54) is 24.2 Å². The van der Waals surface area contributed by atoms with E-state index >= 15 is 4.39 Å². The Hall–Kier alpha value is -1.09. The van der Waals surface area contributed by atoms with Crippen molar-refractivity contribution in [1.29, 1.82) is 5.41 Å². The van der Waals surface area contributed by atoms with Gasteiger partial charge in [0.05, 0.1) is 18.2 Å². The molecule has 0 aromatic heterocycles. The first-order valence-corrected chi connectivity index (χ1v) is 10.7. The van der Waals surface area contributed by atoms with Crippen LogP contribution in [0.1, 0.15) is 39.5 Å². The Balaban J connectivity index is 2.87. The average molecular weight is 402 g/mol. The van der Waals surface area contributed by atoms with Crippen LogP contribution in [0.25, 0.3) is 0 Å². The van der Waals surface area contributed by atoms with Gasteiger partial charge in [-0.1, -0.05) is 44.5 Å². The molecule has 1 rings (SSSR count). The monoisotopic (exact) mass is 401 g/mol. The molecule has 2 unspecified atom stereocenters. The van der Waals surface area contributed by atoms with Crippen molar-refractivity contribution in [2.75, 3.05) is 26.1 Å². The molecule has 0 bridgehead atoms. The Morgan fingerprint density at radius 1 is 1.37 bits per heavy atom. The second-order valence-electron chi connectivity index (χ2n) is 6.32. The maximum Gasteiger partial charge on any atom is 0.180 e. The third-order valence-electron chi connectivity index (χ3n) is 4.13. The normalized spacial score (nSPS) is 21.4. The Bertz CT molecular complexity index is 528. The van der Waals surface area contributed by atoms with Crippen molar-refractivity contribution in [3.8, 4) is 0 Å². The molecule has 1 heterocycles. The minimum atomic E-state index is -1.52. The molecular weight excluding hydrogens is 369 g/mol. The van der Waals surface area contributed by atoms with Gasteiger partial charge < -0.3 is 14.6 Å². The molecule has 8 heteroatoms. The number of rotatable bonds is 12. The molecule has 2 N–H and O–H groups in total. The van der Waals surface area contributed by atoms with Crippen LogP contribution in [0.15, 0.2) is 22.3 Å². The molecule has 0 saturated carbocycles. The average Bonchev–Trinajstić information content (AvgIpc) is 2.68. The van der Waals surface area contributed by atoms with E-state index in [4.69, 9.17) is 14.9 Å². The maximum absolute atomic E-state index is 15.4. The highest BCUT2D eigenvalue weighted by atomic mass is 32.2. The summed E-state index contributed by atoms with van der Waals surface area (Å²) in [5.41, 5.74) is 0.354. The van der Waals surface area contributed by atoms with E-state index in [2.05, 4.69) is 16.9 Å². The minimum absolute atomic E-state index is 0.0227. The van der Waals surface area contributed by atoms with Gasteiger partial charge in [-0.3, -0.25) is 10.4 Å². The van der Waals surface area contributed by atoms with E-state index in [9.17, 15) is 5.11 Å². The number of unbranched alkanes of at least 4 members (excludes halogenated alkanes) is 2. The molecule has 1 aliphatic heterocycles. The van der Waals surface area contributed by atoms with E-state index in [1.807, 2.05) is 6.92 Å². The zero-order chi connectivity index (χ0) is 20.1. The highest BCUT2D eigenvalue weighted by molar-refractivity contribution is 8.13. The maximum atomic E-state index is 15.4. The molecule has 0 radical (unpaired) electrons. The van der Waals surface area contributed by atoms with E-state index in [0.29, 0.717) is 18.9 Å². The van der Waals surface area contributed by atoms with Crippen LogP contribution in [0.4, 0.5) is 4.39 Å². The molecule has 154 valence electrons. The van der Waals surface area contributed by atoms with Gasteiger partial charge in [-0.05, 0) is 19.1 Å². The van der Waals surface area contributed by atoms with Gasteiger partial charge in [0.1, 0.15) is 18.4 Å². The second-order valence-corrected chi connectivity index (χ2v) is 7.12. The fourth-order valence-electron chi connectivity index (χ4n) is 2.51. The van der Waals surface area contributed by atoms with Crippen molar-refractivity contribution >= 4 is 28.9 Å². The number of aliphatic hydroxyl groups is 1. The first kappa shape index (κ1) is 23.9. The Labute approximate surface area is 165 Å². The predicted octanol–water partition coefficient (Wildman–Crippen LogP) is 3.64. The van der Waals surface area contributed by atoms with Crippen molar-refractivity contribution in [1.82, 2.24) is 0 Å². The van der Waals surface area contributed by atoms with Crippen LogP contribution < -0.4 is 0 Å². The fourth-order valence-corrected chi connectivity index (χ4v) is 2.71. The second kappa shape index (κ2) is 14.0. The molecule has 0 aromatic rings. The van der Waals surface area contributed by atoms with Gasteiger partial charge >= 0.3 is 0 Å². The van der Waals surface area contributed by atoms with E-state index < -0.39 is 24.3 Å². The summed E-state index contributed by atoms with van der Waals surface area (Å²) in [5.74, 6) is -0.730. The summed E-state index contributed by atoms with van der Waals surface area (Å²) in [6.07, 6.45) is 6.23. The van der Waals surface area contributed by atoms with Crippen molar-refractivity contribution in [3.05, 3.63) is 12.3 Å². The molecule has 0 amide bonds. The largest absolute Gasteiger partial charge is 0.388 e. The summed E-state index contributed by atoms with van der Waals surface area (Å²) in [4.78, 5) is 8.13. The summed E-state index contributed by atoms with van der Waals surface area (Å²) < 4.78 is 26.6. The van der Waals surface area contributed by atoms with Crippen molar-refractivity contribution < 1.29 is 19.0 Å². The first-order valence-electron chi connectivity index (χ1n) is 9.47. The highest BCUT2D eigenvalue weighted by Gasteiger charge is 2.37. The van der Waals surface area contributed by atoms with E-state index in [0.717, 1.165) is 25.7 Å². The molecular formula is C19H32FN3O3S. The third-order valence-corrected chi connectivity index (χ3v) is 4.60. The minimum Gasteiger partial charge on any atom is -0.388 e. The number of hydrogen-bond donors (Lipinski definition) is 2. The number of hydrogen-bond acceptors (Lipinski definition) is 6. The number of halogens is 1. The number of amidine groups is 1. The number of aliphatic imine (C=N–C) groups is 2. The van der Waals surface area contributed by atoms with Gasteiger partial charge in [-0.15, -0.1) is 0 Å². The van der Waals surface area contributed by atoms with Gasteiger partial charge in [0.25, 0.3) is 0 Å². The number of alkyl halides is 1. The number of nitrogens with one attached hydrogen (secondary N) is 1. The van der Waals surface area contributed by atoms with Crippen LogP contribution in [-0.2, 0) is 9.47 Å². The first-order chi connectivity index (χ1) is 13.0. The number of ether oxygens (including phenoxy) is 2. The third kappa shape index (κ3) is 8.64. The number of thioether (sulfide) groups is 1. The van der Waals surface area contributed by atoms with E-state index in [-0.39, 0.29) is 11.8 Å². The van der Waals surface area contributed by atoms with Crippen LogP contribution >= 0.6 is 11.8 Å². The molecule has 0 fully saturated rings. The predicted molar refractivity (Wildman–Crippen MR) is 111 cm³/mol. The van der Waals surface area contributed by atoms with Crippen molar-refractivity contribution in [2.45, 2.75) is 57.9 Å². The Morgan fingerprint density at radius 3 is 2.74 bits per heavy atom. The zero-order valence-electron chi connectivity index (χ0n) is 16.4. The standard InChI is InChI=1S/C19H32FN3O3S/c1-4-6-10-25-13-16(24)18(26-11-7-5-2)17(20)14-8-9-22-12-15(14)23-19(21)27-3/h8-9,12,14,16-18,21,24H,4-7,10-11,13H2,1-3H3/t14?,16-,17?,18-/m1/s1. The van der Waals surface area contributed by atoms with Gasteiger partial charge in [-0.2, -0.15) is 0 Å². The summed E-state index contributed by atoms with van der Waals surface area (Å²) in [6.45, 7) is 4.99. The molecule has 0 aromatic carbocycles. The number of allylic oxidation sites excluding steroid dienone is 1. The van der Waals surface area contributed by atoms with Gasteiger partial charge in [0.15, 0.2) is 5.17 Å². The molecule has 27 heavy (non-hydrogen) atoms. The fraction of sp³-hybridized carbons (Fsp3) is 0.737. The van der Waals surface area contributed by atoms with E-state index in [1.54, 1.807) is 12.3 Å². The summed E-state index contributed by atoms with van der Waals surface area (Å²) in [6, 6.07) is 0. The van der Waals surface area contributed by atoms with Gasteiger partial charge in [-0.25, -0.2) is 9.38 Å². The number of nitrogens with zero attached hydrogens (tertiary/aromatic N) is 2. The van der Waals surface area contributed by atoms with Crippen LogP contribution in [-0.4, -0.2) is 66.7 Å². The van der Waals surface area contributed by atoms with Crippen LogP contribution in [0, 0.1) is 11.3 Å². The van der Waals surface area contributed by atoms with Crippen LogP contribution in [0.5, 0.6) is 0 Å². The quantitative estimate of drug-likeness (QED) is 0.297. The lowest BCUT2D eigenvalue weighted by atomic mass is 9.91. The molecule has 0 aliphatic carbocycles. The SMILES string of the molecule is CCCCOC[C@@H](O)[C@@H](OCCCC)C(F)C1C=CN=CC1=NC(=N)SC. The molecule has 1 aliphatic rings. The summed E-state index contributed by atoms with van der Waals surface area (Å²) >= 11 is 1.17. The zero-order valence-corrected chi connectivity index (χ0v) is 17.3. The van der Waals surface area contributed by atoms with Crippen molar-refractivity contribution in [3.63, 3.8) is 0 Å². The van der Waals surface area contributed by atoms with Gasteiger partial charge in [0.2, 0.25) is 0 Å². The summed E-state index contributed by atoms with van der Waals surface area (Å²) in [7, 11) is 0. The molecule has 0 spiro atoms. The molecule has 6 nitrogen and oxygen atoms in total. The lowest BCUT2D eigenvalue weighted by molar-refractivity contribution is -0.106. The lowest BCUT2D eigenvalue weighted by Crippen LogP contribution is -2.46. The smallest absolute Gasteiger partial charge is 0.180 e. The number of aliphatic hydroxyl groups excluding tert-OH is 1. The van der Waals surface area contributed by atoms with Crippen molar-refractivity contribution in [2.24, 2.45) is 15.9 Å². The summed E-state index contributed by atoms with van der Waals surface area (Å²) in [5, 5.41) is 18.3. The van der Waals surface area contributed by atoms with Crippen LogP contribution in [0.3, 0.4) is 0 Å². The molecule has 4 atom stereocenters. The highest BCUT2D eigenvalue weighted by Crippen LogP contribution is 2.23. The Kier molecular flexibility index (Phi) is 12.4. The van der Waals surface area contributed by atoms with Gasteiger partial charge in [0, 0.05) is 25.6 Å². The lowest BCUT2D eigenvalue weighted by Gasteiger charge is -2.30.